The Balaban J connectivity index is 4.10. The molecule has 0 heterocycles. The Morgan fingerprint density at radius 2 is 2.00 bits per heavy atom. The van der Waals surface area contributed by atoms with Gasteiger partial charge in [0, 0.05) is 6.92 Å². The van der Waals surface area contributed by atoms with E-state index >= 15 is 0 Å². The Hall–Kier alpha value is -1.65. The summed E-state index contributed by atoms with van der Waals surface area (Å²) >= 11 is 0. The van der Waals surface area contributed by atoms with Gasteiger partial charge < -0.3 is 10.1 Å². The summed E-state index contributed by atoms with van der Waals surface area (Å²) < 4.78 is 4.67. The van der Waals surface area contributed by atoms with E-state index in [1.807, 2.05) is 0 Å². The van der Waals surface area contributed by atoms with E-state index in [4.69, 9.17) is 0 Å². The predicted octanol–water partition coefficient (Wildman–Crippen LogP) is -0.191. The third-order valence-electron chi connectivity index (χ3n) is 1.41. The minimum absolute atomic E-state index is 0.0280. The van der Waals surface area contributed by atoms with E-state index in [0.29, 0.717) is 0 Å². The molecule has 0 aliphatic carbocycles. The van der Waals surface area contributed by atoms with E-state index in [0.717, 1.165) is 6.08 Å². The van der Waals surface area contributed by atoms with Gasteiger partial charge in [-0.05, 0) is 13.0 Å². The fourth-order valence-corrected chi connectivity index (χ4v) is 0.734. The minimum Gasteiger partial charge on any atom is -0.453 e. The number of hydrogen-bond acceptors (Lipinski definition) is 4. The average molecular weight is 199 g/mol. The number of ether oxygens (including phenoxy) is 1. The van der Waals surface area contributed by atoms with Crippen LogP contribution in [-0.2, 0) is 19.1 Å². The molecule has 0 aliphatic rings. The molecule has 0 saturated carbocycles. The molecule has 1 N–H and O–H groups in total. The van der Waals surface area contributed by atoms with Crippen molar-refractivity contribution in [3.05, 3.63) is 12.7 Å². The van der Waals surface area contributed by atoms with E-state index in [9.17, 15) is 14.4 Å². The molecule has 0 aromatic rings. The van der Waals surface area contributed by atoms with E-state index in [-0.39, 0.29) is 12.3 Å². The maximum atomic E-state index is 10.9. The lowest BCUT2D eigenvalue weighted by Crippen LogP contribution is -2.37. The molecule has 0 aromatic heterocycles. The fourth-order valence-electron chi connectivity index (χ4n) is 0.734. The molecule has 0 fully saturated rings. The van der Waals surface area contributed by atoms with Crippen LogP contribution in [0.15, 0.2) is 12.7 Å². The highest BCUT2D eigenvalue weighted by molar-refractivity contribution is 5.88. The lowest BCUT2D eigenvalue weighted by atomic mass is 10.2. The van der Waals surface area contributed by atoms with Crippen molar-refractivity contribution in [1.82, 2.24) is 5.32 Å². The zero-order valence-corrected chi connectivity index (χ0v) is 8.20. The lowest BCUT2D eigenvalue weighted by Gasteiger charge is -2.13. The van der Waals surface area contributed by atoms with E-state index in [2.05, 4.69) is 16.6 Å². The van der Waals surface area contributed by atoms with Crippen molar-refractivity contribution < 1.29 is 19.1 Å². The summed E-state index contributed by atoms with van der Waals surface area (Å²) in [5.74, 6) is -1.29. The van der Waals surface area contributed by atoms with E-state index in [1.165, 1.54) is 13.8 Å². The number of nitrogens with one attached hydrogen (secondary N) is 1. The molecular formula is C9H13NO4. The quantitative estimate of drug-likeness (QED) is 0.492. The summed E-state index contributed by atoms with van der Waals surface area (Å²) in [5.41, 5.74) is 0. The molecule has 1 unspecified atom stereocenters. The largest absolute Gasteiger partial charge is 0.453 e. The van der Waals surface area contributed by atoms with Crippen LogP contribution in [0.4, 0.5) is 0 Å². The first-order valence-corrected chi connectivity index (χ1v) is 4.05. The second kappa shape index (κ2) is 5.90. The zero-order valence-electron chi connectivity index (χ0n) is 8.20. The number of hydrogen-bond donors (Lipinski definition) is 1. The van der Waals surface area contributed by atoms with Gasteiger partial charge in [0.05, 0.1) is 6.54 Å². The Morgan fingerprint density at radius 1 is 1.43 bits per heavy atom. The van der Waals surface area contributed by atoms with Crippen molar-refractivity contribution in [3.63, 3.8) is 0 Å². The highest BCUT2D eigenvalue weighted by Crippen LogP contribution is 1.93. The summed E-state index contributed by atoms with van der Waals surface area (Å²) in [6.45, 7) is 5.70. The first kappa shape index (κ1) is 12.3. The molecule has 5 nitrogen and oxygen atoms in total. The molecule has 5 heteroatoms. The third kappa shape index (κ3) is 5.08. The second-order valence-electron chi connectivity index (χ2n) is 2.66. The second-order valence-corrected chi connectivity index (χ2v) is 2.66. The van der Waals surface area contributed by atoms with Crippen LogP contribution >= 0.6 is 0 Å². The SMILES string of the molecule is C=CC(=O)NCC(OC(C)=O)C(C)=O. The number of carbonyl (C=O) groups excluding carboxylic acids is 3. The van der Waals surface area contributed by atoms with Gasteiger partial charge in [0.25, 0.3) is 0 Å². The lowest BCUT2D eigenvalue weighted by molar-refractivity contribution is -0.152. The summed E-state index contributed by atoms with van der Waals surface area (Å²) in [4.78, 5) is 32.2. The topological polar surface area (TPSA) is 72.5 Å². The molecule has 1 atom stereocenters. The molecule has 0 saturated heterocycles. The van der Waals surface area contributed by atoms with Gasteiger partial charge in [0.1, 0.15) is 0 Å². The number of amides is 1. The summed E-state index contributed by atoms with van der Waals surface area (Å²) in [7, 11) is 0. The van der Waals surface area contributed by atoms with Gasteiger partial charge in [0.2, 0.25) is 5.91 Å². The Labute approximate surface area is 82.1 Å². The highest BCUT2D eigenvalue weighted by atomic mass is 16.5. The van der Waals surface area contributed by atoms with Gasteiger partial charge in [0.15, 0.2) is 11.9 Å². The molecular weight excluding hydrogens is 186 g/mol. The van der Waals surface area contributed by atoms with Crippen molar-refractivity contribution >= 4 is 17.7 Å². The van der Waals surface area contributed by atoms with Crippen LogP contribution in [0.3, 0.4) is 0 Å². The summed E-state index contributed by atoms with van der Waals surface area (Å²) in [5, 5.41) is 2.36. The average Bonchev–Trinajstić information content (AvgIpc) is 2.10. The van der Waals surface area contributed by atoms with Crippen LogP contribution in [0.25, 0.3) is 0 Å². The molecule has 0 radical (unpaired) electrons. The van der Waals surface area contributed by atoms with Crippen LogP contribution in [0.2, 0.25) is 0 Å². The Bertz CT molecular complexity index is 260. The normalized spacial score (nSPS) is 11.3. The van der Waals surface area contributed by atoms with Gasteiger partial charge in [-0.2, -0.15) is 0 Å². The smallest absolute Gasteiger partial charge is 0.303 e. The van der Waals surface area contributed by atoms with Crippen molar-refractivity contribution in [2.45, 2.75) is 20.0 Å². The number of rotatable bonds is 5. The molecule has 78 valence electrons. The molecule has 0 bridgehead atoms. The Kier molecular flexibility index (Phi) is 5.21. The summed E-state index contributed by atoms with van der Waals surface area (Å²) in [6.07, 6.45) is 0.154. The number of carbonyl (C=O) groups is 3. The number of Topliss-reactive ketones (excluding diaryl/α,β-unsaturated/α-hetero) is 1. The van der Waals surface area contributed by atoms with Crippen LogP contribution in [0.5, 0.6) is 0 Å². The van der Waals surface area contributed by atoms with Gasteiger partial charge in [-0.1, -0.05) is 6.58 Å². The molecule has 0 rings (SSSR count). The van der Waals surface area contributed by atoms with E-state index in [1.54, 1.807) is 0 Å². The first-order valence-electron chi connectivity index (χ1n) is 4.05. The summed E-state index contributed by atoms with van der Waals surface area (Å²) in [6, 6.07) is 0. The van der Waals surface area contributed by atoms with E-state index < -0.39 is 18.0 Å². The predicted molar refractivity (Wildman–Crippen MR) is 49.4 cm³/mol. The highest BCUT2D eigenvalue weighted by Gasteiger charge is 2.17. The monoisotopic (exact) mass is 199 g/mol. The van der Waals surface area contributed by atoms with Gasteiger partial charge in [-0.3, -0.25) is 14.4 Å². The van der Waals surface area contributed by atoms with Crippen LogP contribution in [0.1, 0.15) is 13.8 Å². The van der Waals surface area contributed by atoms with Crippen LogP contribution < -0.4 is 5.32 Å². The number of esters is 1. The van der Waals surface area contributed by atoms with Crippen LogP contribution in [-0.4, -0.2) is 30.3 Å². The fraction of sp³-hybridized carbons (Fsp3) is 0.444. The van der Waals surface area contributed by atoms with Gasteiger partial charge >= 0.3 is 5.97 Å². The van der Waals surface area contributed by atoms with Crippen LogP contribution in [0, 0.1) is 0 Å². The first-order chi connectivity index (χ1) is 6.47. The standard InChI is InChI=1S/C9H13NO4/c1-4-9(13)10-5-8(6(2)11)14-7(3)12/h4,8H,1,5H2,2-3H3,(H,10,13). The minimum atomic E-state index is -0.920. The van der Waals surface area contributed by atoms with Crippen molar-refractivity contribution in [3.8, 4) is 0 Å². The number of ketones is 1. The molecule has 0 aliphatic heterocycles. The Morgan fingerprint density at radius 3 is 2.36 bits per heavy atom. The third-order valence-corrected chi connectivity index (χ3v) is 1.41. The van der Waals surface area contributed by atoms with Crippen molar-refractivity contribution in [2.75, 3.05) is 6.54 Å². The van der Waals surface area contributed by atoms with Gasteiger partial charge in [-0.25, -0.2) is 0 Å². The molecule has 1 amide bonds. The zero-order chi connectivity index (χ0) is 11.1. The van der Waals surface area contributed by atoms with Crippen molar-refractivity contribution in [2.24, 2.45) is 0 Å². The molecule has 0 aromatic carbocycles. The maximum Gasteiger partial charge on any atom is 0.303 e. The maximum absolute atomic E-state index is 10.9. The molecule has 14 heavy (non-hydrogen) atoms. The molecule has 0 spiro atoms. The van der Waals surface area contributed by atoms with Crippen molar-refractivity contribution in [1.29, 1.82) is 0 Å². The van der Waals surface area contributed by atoms with Gasteiger partial charge in [-0.15, -0.1) is 0 Å².